The fourth-order valence-corrected chi connectivity index (χ4v) is 8.99. The van der Waals surface area contributed by atoms with Crippen molar-refractivity contribution in [3.05, 3.63) is 0 Å². The lowest BCUT2D eigenvalue weighted by molar-refractivity contribution is -0.161. The molecule has 2 rings (SSSR count). The molecule has 0 aromatic heterocycles. The first-order valence-electron chi connectivity index (χ1n) is 9.14. The number of amides is 2. The summed E-state index contributed by atoms with van der Waals surface area (Å²) in [5, 5.41) is 12.0. The third-order valence-electron chi connectivity index (χ3n) is 6.12. The van der Waals surface area contributed by atoms with Gasteiger partial charge in [-0.25, -0.2) is 4.79 Å². The maximum atomic E-state index is 12.4. The topological polar surface area (TPSA) is 86.7 Å². The molecule has 2 amide bonds. The van der Waals surface area contributed by atoms with E-state index in [9.17, 15) is 19.5 Å². The van der Waals surface area contributed by atoms with Crippen LogP contribution < -0.4 is 5.32 Å². The van der Waals surface area contributed by atoms with Gasteiger partial charge in [0.15, 0.2) is 0 Å². The molecule has 6 nitrogen and oxygen atoms in total. The second-order valence-electron chi connectivity index (χ2n) is 7.70. The molecular weight excluding hydrogens is 356 g/mol. The minimum atomic E-state index is -1.35. The predicted molar refractivity (Wildman–Crippen MR) is 102 cm³/mol. The zero-order valence-electron chi connectivity index (χ0n) is 15.8. The first kappa shape index (κ1) is 20.3. The van der Waals surface area contributed by atoms with Crippen LogP contribution in [0.25, 0.3) is 0 Å². The summed E-state index contributed by atoms with van der Waals surface area (Å²) in [5.41, 5.74) is 0. The van der Waals surface area contributed by atoms with E-state index in [0.717, 1.165) is 6.04 Å². The lowest BCUT2D eigenvalue weighted by Crippen LogP contribution is -2.70. The molecule has 3 atom stereocenters. The largest absolute Gasteiger partial charge is 0.480 e. The van der Waals surface area contributed by atoms with Gasteiger partial charge in [0.1, 0.15) is 17.5 Å². The van der Waals surface area contributed by atoms with Crippen LogP contribution in [-0.2, 0) is 14.4 Å². The van der Waals surface area contributed by atoms with E-state index in [2.05, 4.69) is 26.1 Å². The number of hydrogen-bond donors (Lipinski definition) is 2. The van der Waals surface area contributed by atoms with E-state index in [0.29, 0.717) is 6.42 Å². The maximum Gasteiger partial charge on any atom is 0.327 e. The molecule has 2 aliphatic heterocycles. The third kappa shape index (κ3) is 3.60. The zero-order valence-corrected chi connectivity index (χ0v) is 17.6. The van der Waals surface area contributed by atoms with Crippen LogP contribution in [0.1, 0.15) is 41.0 Å². The third-order valence-corrected chi connectivity index (χ3v) is 13.5. The van der Waals surface area contributed by atoms with Crippen molar-refractivity contribution in [2.75, 3.05) is 0 Å². The van der Waals surface area contributed by atoms with Crippen molar-refractivity contribution in [1.29, 1.82) is 0 Å². The van der Waals surface area contributed by atoms with E-state index < -0.39 is 30.9 Å². The van der Waals surface area contributed by atoms with E-state index in [1.54, 1.807) is 0 Å². The Bertz CT molecular complexity index is 557. The number of nitrogens with one attached hydrogen (secondary N) is 1. The van der Waals surface area contributed by atoms with E-state index in [4.69, 9.17) is 0 Å². The van der Waals surface area contributed by atoms with Crippen molar-refractivity contribution in [2.45, 2.75) is 87.4 Å². The van der Waals surface area contributed by atoms with Gasteiger partial charge in [-0.15, -0.1) is 11.8 Å². The number of fused-ring (bicyclic) bond motifs is 1. The molecule has 0 spiro atoms. The monoisotopic (exact) mass is 386 g/mol. The summed E-state index contributed by atoms with van der Waals surface area (Å²) in [4.78, 5) is 37.7. The minimum absolute atomic E-state index is 0.0811. The van der Waals surface area contributed by atoms with Crippen LogP contribution in [0.15, 0.2) is 0 Å². The summed E-state index contributed by atoms with van der Waals surface area (Å²) in [6.07, 6.45) is 0.467. The Hall–Kier alpha value is -1.02. The van der Waals surface area contributed by atoms with Gasteiger partial charge in [-0.05, 0) is 19.9 Å². The van der Waals surface area contributed by atoms with Crippen LogP contribution in [0.2, 0.25) is 24.2 Å². The predicted octanol–water partition coefficient (Wildman–Crippen LogP) is 2.52. The molecule has 8 heteroatoms. The number of rotatable bonds is 8. The number of β-lactam (4-membered cyclic amide) rings is 1. The van der Waals surface area contributed by atoms with Gasteiger partial charge in [0.25, 0.3) is 0 Å². The normalized spacial score (nSPS) is 27.6. The SMILES string of the molecule is CC[Si](CC)(CC)CCC(=O)NC1C(=O)N2C1SC(C)(C)C2C(=O)O. The Morgan fingerprint density at radius 1 is 1.24 bits per heavy atom. The summed E-state index contributed by atoms with van der Waals surface area (Å²) in [6, 6.07) is 3.07. The Labute approximate surface area is 155 Å². The Morgan fingerprint density at radius 3 is 2.28 bits per heavy atom. The van der Waals surface area contributed by atoms with E-state index in [1.807, 2.05) is 13.8 Å². The van der Waals surface area contributed by atoms with Crippen molar-refractivity contribution in [2.24, 2.45) is 0 Å². The maximum absolute atomic E-state index is 12.4. The van der Waals surface area contributed by atoms with Crippen LogP contribution in [0, 0.1) is 0 Å². The summed E-state index contributed by atoms with van der Waals surface area (Å²) < 4.78 is -0.555. The summed E-state index contributed by atoms with van der Waals surface area (Å²) in [7, 11) is -1.35. The van der Waals surface area contributed by atoms with Crippen LogP contribution in [0.5, 0.6) is 0 Å². The van der Waals surface area contributed by atoms with Crippen LogP contribution in [0.3, 0.4) is 0 Å². The van der Waals surface area contributed by atoms with Gasteiger partial charge < -0.3 is 15.3 Å². The molecular formula is C17H30N2O4SSi. The lowest BCUT2D eigenvalue weighted by atomic mass is 9.96. The van der Waals surface area contributed by atoms with Gasteiger partial charge >= 0.3 is 5.97 Å². The zero-order chi connectivity index (χ0) is 19.0. The fourth-order valence-electron chi connectivity index (χ4n) is 4.05. The average molecular weight is 387 g/mol. The van der Waals surface area contributed by atoms with Gasteiger partial charge in [0.2, 0.25) is 11.8 Å². The summed E-state index contributed by atoms with van der Waals surface area (Å²) in [5.74, 6) is -1.33. The van der Waals surface area contributed by atoms with Crippen LogP contribution in [-0.4, -0.2) is 58.1 Å². The van der Waals surface area contributed by atoms with Crippen molar-refractivity contribution in [3.63, 3.8) is 0 Å². The molecule has 2 aliphatic rings. The molecule has 0 saturated carbocycles. The van der Waals surface area contributed by atoms with Crippen molar-refractivity contribution in [1.82, 2.24) is 10.2 Å². The van der Waals surface area contributed by atoms with Crippen molar-refractivity contribution >= 4 is 37.6 Å². The minimum Gasteiger partial charge on any atom is -0.480 e. The average Bonchev–Trinajstić information content (AvgIpc) is 2.82. The van der Waals surface area contributed by atoms with Gasteiger partial charge in [-0.3, -0.25) is 9.59 Å². The van der Waals surface area contributed by atoms with E-state index in [-0.39, 0.29) is 17.2 Å². The highest BCUT2D eigenvalue weighted by atomic mass is 32.2. The molecule has 0 aliphatic carbocycles. The molecule has 3 unspecified atom stereocenters. The Morgan fingerprint density at radius 2 is 1.80 bits per heavy atom. The highest BCUT2D eigenvalue weighted by Gasteiger charge is 2.64. The summed E-state index contributed by atoms with van der Waals surface area (Å²) in [6.45, 7) is 10.3. The van der Waals surface area contributed by atoms with Gasteiger partial charge in [-0.2, -0.15) is 0 Å². The van der Waals surface area contributed by atoms with E-state index in [1.165, 1.54) is 34.8 Å². The number of nitrogens with zero attached hydrogens (tertiary/aromatic N) is 1. The number of carbonyl (C=O) groups excluding carboxylic acids is 2. The smallest absolute Gasteiger partial charge is 0.327 e. The molecule has 0 aromatic carbocycles. The standard InChI is InChI=1S/C17H30N2O4SSi/c1-6-25(7-2,8-3)10-9-11(20)18-12-14(21)19-13(16(22)23)17(4,5)24-15(12)19/h12-13,15H,6-10H2,1-5H3,(H,18,20)(H,22,23). The van der Waals surface area contributed by atoms with Crippen molar-refractivity contribution < 1.29 is 19.5 Å². The first-order chi connectivity index (χ1) is 11.6. The Balaban J connectivity index is 1.96. The molecule has 142 valence electrons. The van der Waals surface area contributed by atoms with Crippen molar-refractivity contribution in [3.8, 4) is 0 Å². The second-order valence-corrected chi connectivity index (χ2v) is 15.1. The first-order valence-corrected chi connectivity index (χ1v) is 12.9. The molecule has 0 radical (unpaired) electrons. The number of hydrogen-bond acceptors (Lipinski definition) is 4. The number of carbonyl (C=O) groups is 3. The van der Waals surface area contributed by atoms with Gasteiger partial charge in [0, 0.05) is 11.2 Å². The van der Waals surface area contributed by atoms with Crippen LogP contribution >= 0.6 is 11.8 Å². The number of aliphatic carboxylic acids is 1. The second kappa shape index (κ2) is 7.30. The highest BCUT2D eigenvalue weighted by Crippen LogP contribution is 2.50. The van der Waals surface area contributed by atoms with E-state index >= 15 is 0 Å². The molecule has 2 fully saturated rings. The fraction of sp³-hybridized carbons (Fsp3) is 0.824. The number of carboxylic acid groups (broad SMARTS) is 1. The summed E-state index contributed by atoms with van der Waals surface area (Å²) >= 11 is 1.46. The highest BCUT2D eigenvalue weighted by molar-refractivity contribution is 8.01. The van der Waals surface area contributed by atoms with Gasteiger partial charge in [-0.1, -0.05) is 38.9 Å². The number of thioether (sulfide) groups is 1. The molecule has 0 aromatic rings. The molecule has 2 heterocycles. The lowest BCUT2D eigenvalue weighted by Gasteiger charge is -2.43. The quantitative estimate of drug-likeness (QED) is 0.494. The Kier molecular flexibility index (Phi) is 5.93. The van der Waals surface area contributed by atoms with Gasteiger partial charge in [0.05, 0.1) is 8.07 Å². The molecule has 2 saturated heterocycles. The molecule has 2 N–H and O–H groups in total. The molecule has 25 heavy (non-hydrogen) atoms. The van der Waals surface area contributed by atoms with Crippen LogP contribution in [0.4, 0.5) is 0 Å². The molecule has 0 bridgehead atoms. The number of carboxylic acids is 1.